The highest BCUT2D eigenvalue weighted by atomic mass is 16.3. The van der Waals surface area contributed by atoms with Crippen molar-refractivity contribution in [2.24, 2.45) is 0 Å². The lowest BCUT2D eigenvalue weighted by molar-refractivity contribution is 0.0747. The minimum absolute atomic E-state index is 0.0101. The lowest BCUT2D eigenvalue weighted by Crippen LogP contribution is -2.26. The van der Waals surface area contributed by atoms with Gasteiger partial charge in [0.05, 0.1) is 11.1 Å². The van der Waals surface area contributed by atoms with Crippen molar-refractivity contribution < 1.29 is 15.0 Å². The molecule has 0 radical (unpaired) electrons. The van der Waals surface area contributed by atoms with Crippen molar-refractivity contribution in [2.45, 2.75) is 52.6 Å². The van der Waals surface area contributed by atoms with Crippen molar-refractivity contribution in [1.82, 2.24) is 4.90 Å². The monoisotopic (exact) mass is 415 g/mol. The molecule has 1 heterocycles. The van der Waals surface area contributed by atoms with Crippen LogP contribution in [0.3, 0.4) is 0 Å². The number of aryl methyl sites for hydroxylation is 2. The summed E-state index contributed by atoms with van der Waals surface area (Å²) in [5.41, 5.74) is 5.35. The number of carbonyl (C=O) groups is 1. The summed E-state index contributed by atoms with van der Waals surface area (Å²) in [7, 11) is 0. The van der Waals surface area contributed by atoms with Gasteiger partial charge in [-0.3, -0.25) is 4.79 Å². The topological polar surface area (TPSA) is 60.8 Å². The molecule has 0 aliphatic carbocycles. The molecule has 4 rings (SSSR count). The van der Waals surface area contributed by atoms with E-state index in [4.69, 9.17) is 0 Å². The van der Waals surface area contributed by atoms with Crippen LogP contribution in [-0.4, -0.2) is 21.0 Å². The molecule has 31 heavy (non-hydrogen) atoms. The predicted octanol–water partition coefficient (Wildman–Crippen LogP) is 5.96. The van der Waals surface area contributed by atoms with Crippen LogP contribution in [0.4, 0.5) is 0 Å². The van der Waals surface area contributed by atoms with Crippen LogP contribution >= 0.6 is 0 Å². The smallest absolute Gasteiger partial charge is 0.258 e. The van der Waals surface area contributed by atoms with Gasteiger partial charge in [-0.2, -0.15) is 0 Å². The molecule has 0 unspecified atom stereocenters. The molecule has 4 nitrogen and oxygen atoms in total. The van der Waals surface area contributed by atoms with Crippen LogP contribution in [0.15, 0.2) is 54.6 Å². The minimum Gasteiger partial charge on any atom is -0.507 e. The molecule has 0 saturated carbocycles. The Morgan fingerprint density at radius 3 is 2.32 bits per heavy atom. The Balaban J connectivity index is 1.78. The number of rotatable bonds is 6. The Morgan fingerprint density at radius 2 is 1.68 bits per heavy atom. The molecule has 1 amide bonds. The molecule has 3 aromatic rings. The highest BCUT2D eigenvalue weighted by Crippen LogP contribution is 2.43. The summed E-state index contributed by atoms with van der Waals surface area (Å²) in [6, 6.07) is 17.3. The first-order chi connectivity index (χ1) is 15.0. The summed E-state index contributed by atoms with van der Waals surface area (Å²) < 4.78 is 0. The van der Waals surface area contributed by atoms with Crippen molar-refractivity contribution in [3.8, 4) is 22.6 Å². The summed E-state index contributed by atoms with van der Waals surface area (Å²) in [5, 5.41) is 22.1. The van der Waals surface area contributed by atoms with E-state index in [9.17, 15) is 15.0 Å². The molecule has 1 aliphatic rings. The molecule has 0 fully saturated rings. The SMILES string of the molecule is CCCCCc1cc(O)c(-c2cccc(C)c2)c(O)c1C(=O)N1Cc2ccccc2C1. The zero-order chi connectivity index (χ0) is 22.0. The van der Waals surface area contributed by atoms with Crippen molar-refractivity contribution in [1.29, 1.82) is 0 Å². The minimum atomic E-state index is -0.186. The van der Waals surface area contributed by atoms with Crippen LogP contribution < -0.4 is 0 Å². The van der Waals surface area contributed by atoms with E-state index in [0.29, 0.717) is 41.8 Å². The highest BCUT2D eigenvalue weighted by Gasteiger charge is 2.30. The maximum Gasteiger partial charge on any atom is 0.258 e. The highest BCUT2D eigenvalue weighted by molar-refractivity contribution is 6.02. The van der Waals surface area contributed by atoms with Crippen LogP contribution in [0.1, 0.15) is 58.8 Å². The number of fused-ring (bicyclic) bond motifs is 1. The van der Waals surface area contributed by atoms with Gasteiger partial charge in [0.1, 0.15) is 11.5 Å². The van der Waals surface area contributed by atoms with Gasteiger partial charge in [0, 0.05) is 13.1 Å². The molecule has 0 atom stereocenters. The van der Waals surface area contributed by atoms with Crippen LogP contribution in [0.2, 0.25) is 0 Å². The number of hydrogen-bond acceptors (Lipinski definition) is 3. The van der Waals surface area contributed by atoms with E-state index in [-0.39, 0.29) is 17.4 Å². The third-order valence-electron chi connectivity index (χ3n) is 6.06. The summed E-state index contributed by atoms with van der Waals surface area (Å²) in [4.78, 5) is 15.4. The molecule has 4 heteroatoms. The van der Waals surface area contributed by atoms with Gasteiger partial charge in [0.2, 0.25) is 0 Å². The molecule has 2 N–H and O–H groups in total. The number of unbranched alkanes of at least 4 members (excludes halogenated alkanes) is 2. The summed E-state index contributed by atoms with van der Waals surface area (Å²) in [6.07, 6.45) is 3.64. The molecule has 0 saturated heterocycles. The number of amides is 1. The van der Waals surface area contributed by atoms with Gasteiger partial charge < -0.3 is 15.1 Å². The third kappa shape index (κ3) is 4.15. The van der Waals surface area contributed by atoms with E-state index in [0.717, 1.165) is 36.0 Å². The van der Waals surface area contributed by atoms with Crippen molar-refractivity contribution >= 4 is 5.91 Å². The Bertz CT molecular complexity index is 1090. The average molecular weight is 416 g/mol. The van der Waals surface area contributed by atoms with Gasteiger partial charge in [0.15, 0.2) is 0 Å². The van der Waals surface area contributed by atoms with E-state index in [1.807, 2.05) is 55.5 Å². The first kappa shape index (κ1) is 21.0. The Morgan fingerprint density at radius 1 is 0.968 bits per heavy atom. The van der Waals surface area contributed by atoms with E-state index >= 15 is 0 Å². The number of aromatic hydroxyl groups is 2. The average Bonchev–Trinajstić information content (AvgIpc) is 3.18. The quantitative estimate of drug-likeness (QED) is 0.488. The maximum absolute atomic E-state index is 13.6. The van der Waals surface area contributed by atoms with Gasteiger partial charge in [-0.1, -0.05) is 73.9 Å². The second kappa shape index (κ2) is 8.84. The fraction of sp³-hybridized carbons (Fsp3) is 0.296. The second-order valence-corrected chi connectivity index (χ2v) is 8.41. The zero-order valence-corrected chi connectivity index (χ0v) is 18.2. The summed E-state index contributed by atoms with van der Waals surface area (Å²) in [6.45, 7) is 5.15. The van der Waals surface area contributed by atoms with Gasteiger partial charge in [-0.15, -0.1) is 0 Å². The molecular weight excluding hydrogens is 386 g/mol. The summed E-state index contributed by atoms with van der Waals surface area (Å²) in [5.74, 6) is -0.303. The molecule has 3 aromatic carbocycles. The predicted molar refractivity (Wildman–Crippen MR) is 123 cm³/mol. The van der Waals surface area contributed by atoms with Crippen LogP contribution in [0, 0.1) is 6.92 Å². The molecule has 1 aliphatic heterocycles. The number of carbonyl (C=O) groups excluding carboxylic acids is 1. The van der Waals surface area contributed by atoms with Crippen LogP contribution in [0.5, 0.6) is 11.5 Å². The van der Waals surface area contributed by atoms with Gasteiger partial charge in [-0.25, -0.2) is 0 Å². The first-order valence-corrected chi connectivity index (χ1v) is 11.0. The second-order valence-electron chi connectivity index (χ2n) is 8.41. The standard InChI is InChI=1S/C27H29NO3/c1-3-4-5-10-20-15-23(29)24(19-13-8-9-18(2)14-19)26(30)25(20)27(31)28-16-21-11-6-7-12-22(21)17-28/h6-9,11-15,29-30H,3-5,10,16-17H2,1-2H3. The fourth-order valence-electron chi connectivity index (χ4n) is 4.43. The molecule has 0 aromatic heterocycles. The molecule has 160 valence electrons. The molecule has 0 spiro atoms. The summed E-state index contributed by atoms with van der Waals surface area (Å²) >= 11 is 0. The van der Waals surface area contributed by atoms with Crippen LogP contribution in [-0.2, 0) is 19.5 Å². The lowest BCUT2D eigenvalue weighted by atomic mass is 9.92. The van der Waals surface area contributed by atoms with E-state index < -0.39 is 0 Å². The zero-order valence-electron chi connectivity index (χ0n) is 18.2. The first-order valence-electron chi connectivity index (χ1n) is 11.0. The Kier molecular flexibility index (Phi) is 5.99. The molecule has 0 bridgehead atoms. The van der Waals surface area contributed by atoms with Crippen molar-refractivity contribution in [2.75, 3.05) is 0 Å². The fourth-order valence-corrected chi connectivity index (χ4v) is 4.43. The van der Waals surface area contributed by atoms with E-state index in [2.05, 4.69) is 6.92 Å². The van der Waals surface area contributed by atoms with Crippen molar-refractivity contribution in [3.63, 3.8) is 0 Å². The number of hydrogen-bond donors (Lipinski definition) is 2. The number of phenols is 2. The van der Waals surface area contributed by atoms with Crippen molar-refractivity contribution in [3.05, 3.63) is 82.4 Å². The van der Waals surface area contributed by atoms with Gasteiger partial charge in [0.25, 0.3) is 5.91 Å². The number of nitrogens with zero attached hydrogens (tertiary/aromatic N) is 1. The number of phenolic OH excluding ortho intramolecular Hbond substituents is 2. The maximum atomic E-state index is 13.6. The van der Waals surface area contributed by atoms with E-state index in [1.54, 1.807) is 11.0 Å². The van der Waals surface area contributed by atoms with Gasteiger partial charge in [-0.05, 0) is 48.1 Å². The lowest BCUT2D eigenvalue weighted by Gasteiger charge is -2.21. The molecular formula is C27H29NO3. The largest absolute Gasteiger partial charge is 0.507 e. The Hall–Kier alpha value is -3.27. The van der Waals surface area contributed by atoms with Gasteiger partial charge >= 0.3 is 0 Å². The van der Waals surface area contributed by atoms with Crippen LogP contribution in [0.25, 0.3) is 11.1 Å². The normalized spacial score (nSPS) is 12.8. The third-order valence-corrected chi connectivity index (χ3v) is 6.06. The Labute approximate surface area is 183 Å². The number of benzene rings is 3. The van der Waals surface area contributed by atoms with E-state index in [1.165, 1.54) is 0 Å².